The van der Waals surface area contributed by atoms with Gasteiger partial charge in [0.05, 0.1) is 4.90 Å². The molecule has 0 saturated heterocycles. The topological polar surface area (TPSA) is 66.5 Å². The van der Waals surface area contributed by atoms with Crippen molar-refractivity contribution in [3.8, 4) is 0 Å². The van der Waals surface area contributed by atoms with Gasteiger partial charge in [0.2, 0.25) is 10.0 Å². The summed E-state index contributed by atoms with van der Waals surface area (Å²) < 4.78 is 26.6. The van der Waals surface area contributed by atoms with Crippen LogP contribution >= 0.6 is 0 Å². The molecule has 0 spiro atoms. The molecule has 3 rings (SSSR count). The first kappa shape index (κ1) is 18.4. The van der Waals surface area contributed by atoms with E-state index in [1.54, 1.807) is 17.0 Å². The highest BCUT2D eigenvalue weighted by Gasteiger charge is 2.24. The third kappa shape index (κ3) is 3.71. The first-order chi connectivity index (χ1) is 12.4. The number of hydrogen-bond acceptors (Lipinski definition) is 3. The van der Waals surface area contributed by atoms with Gasteiger partial charge in [-0.3, -0.25) is 4.79 Å². The third-order valence-electron chi connectivity index (χ3n) is 4.43. The van der Waals surface area contributed by atoms with Crippen LogP contribution in [0, 0.1) is 6.92 Å². The van der Waals surface area contributed by atoms with Crippen LogP contribution in [0.5, 0.6) is 0 Å². The van der Waals surface area contributed by atoms with Gasteiger partial charge in [-0.15, -0.1) is 6.58 Å². The third-order valence-corrected chi connectivity index (χ3v) is 5.87. The number of nitrogens with one attached hydrogen (secondary N) is 1. The summed E-state index contributed by atoms with van der Waals surface area (Å²) >= 11 is 0. The Morgan fingerprint density at radius 2 is 1.96 bits per heavy atom. The summed E-state index contributed by atoms with van der Waals surface area (Å²) in [5, 5.41) is 0. The summed E-state index contributed by atoms with van der Waals surface area (Å²) in [6, 6.07) is 12.2. The minimum absolute atomic E-state index is 0.113. The highest BCUT2D eigenvalue weighted by atomic mass is 32.2. The summed E-state index contributed by atoms with van der Waals surface area (Å²) in [6.45, 7) is 6.36. The van der Waals surface area contributed by atoms with Gasteiger partial charge in [-0.25, -0.2) is 13.1 Å². The van der Waals surface area contributed by atoms with Gasteiger partial charge in [-0.1, -0.05) is 23.8 Å². The molecule has 1 heterocycles. The van der Waals surface area contributed by atoms with Crippen LogP contribution in [0.3, 0.4) is 0 Å². The summed E-state index contributed by atoms with van der Waals surface area (Å²) in [5.74, 6) is -0.113. The fraction of sp³-hybridized carbons (Fsp3) is 0.250. The molecule has 0 fully saturated rings. The smallest absolute Gasteiger partial charge is 0.258 e. The van der Waals surface area contributed by atoms with E-state index in [9.17, 15) is 13.2 Å². The number of aryl methyl sites for hydroxylation is 2. The number of fused-ring (bicyclic) bond motifs is 1. The van der Waals surface area contributed by atoms with Gasteiger partial charge >= 0.3 is 0 Å². The molecule has 26 heavy (non-hydrogen) atoms. The highest BCUT2D eigenvalue weighted by molar-refractivity contribution is 7.89. The summed E-state index contributed by atoms with van der Waals surface area (Å²) in [4.78, 5) is 14.8. The van der Waals surface area contributed by atoms with E-state index in [1.807, 2.05) is 19.1 Å². The Morgan fingerprint density at radius 3 is 2.65 bits per heavy atom. The Kier molecular flexibility index (Phi) is 5.25. The van der Waals surface area contributed by atoms with Crippen molar-refractivity contribution in [2.24, 2.45) is 0 Å². The molecule has 0 unspecified atom stereocenters. The number of benzene rings is 2. The lowest BCUT2D eigenvalue weighted by Gasteiger charge is -2.30. The zero-order valence-electron chi connectivity index (χ0n) is 14.7. The van der Waals surface area contributed by atoms with Crippen molar-refractivity contribution in [1.82, 2.24) is 4.72 Å². The van der Waals surface area contributed by atoms with Gasteiger partial charge in [0.15, 0.2) is 0 Å². The van der Waals surface area contributed by atoms with E-state index in [4.69, 9.17) is 0 Å². The van der Waals surface area contributed by atoms with Gasteiger partial charge < -0.3 is 4.90 Å². The lowest BCUT2D eigenvalue weighted by Crippen LogP contribution is -2.35. The Hall–Kier alpha value is -2.44. The van der Waals surface area contributed by atoms with Crippen molar-refractivity contribution in [3.63, 3.8) is 0 Å². The van der Waals surface area contributed by atoms with E-state index in [2.05, 4.69) is 17.4 Å². The number of carbonyl (C=O) groups is 1. The molecule has 0 aromatic heterocycles. The second-order valence-corrected chi connectivity index (χ2v) is 8.12. The Labute approximate surface area is 154 Å². The summed E-state index contributed by atoms with van der Waals surface area (Å²) in [5.41, 5.74) is 3.77. The van der Waals surface area contributed by atoms with Gasteiger partial charge in [0.25, 0.3) is 5.91 Å². The van der Waals surface area contributed by atoms with Gasteiger partial charge in [-0.2, -0.15) is 0 Å². The maximum absolute atomic E-state index is 12.9. The molecule has 0 saturated carbocycles. The van der Waals surface area contributed by atoms with Crippen molar-refractivity contribution >= 4 is 21.6 Å². The normalized spacial score (nSPS) is 14.0. The van der Waals surface area contributed by atoms with E-state index in [0.29, 0.717) is 12.1 Å². The second kappa shape index (κ2) is 7.43. The average Bonchev–Trinajstić information content (AvgIpc) is 2.65. The van der Waals surface area contributed by atoms with Crippen LogP contribution in [-0.4, -0.2) is 27.4 Å². The highest BCUT2D eigenvalue weighted by Crippen LogP contribution is 2.29. The first-order valence-electron chi connectivity index (χ1n) is 8.54. The Balaban J connectivity index is 1.85. The van der Waals surface area contributed by atoms with Crippen LogP contribution in [0.4, 0.5) is 5.69 Å². The van der Waals surface area contributed by atoms with Crippen LogP contribution in [-0.2, 0) is 16.4 Å². The average molecular weight is 370 g/mol. The Bertz CT molecular complexity index is 934. The van der Waals surface area contributed by atoms with Crippen molar-refractivity contribution in [2.45, 2.75) is 24.7 Å². The fourth-order valence-corrected chi connectivity index (χ4v) is 4.12. The van der Waals surface area contributed by atoms with Gasteiger partial charge in [-0.05, 0) is 55.7 Å². The molecular formula is C20H22N2O3S. The van der Waals surface area contributed by atoms with Crippen LogP contribution in [0.1, 0.15) is 27.9 Å². The van der Waals surface area contributed by atoms with Crippen molar-refractivity contribution in [3.05, 3.63) is 71.8 Å². The molecule has 0 atom stereocenters. The molecule has 0 aliphatic carbocycles. The predicted molar refractivity (Wildman–Crippen MR) is 103 cm³/mol. The zero-order valence-corrected chi connectivity index (χ0v) is 15.6. The molecule has 1 N–H and O–H groups in total. The molecule has 6 heteroatoms. The molecule has 1 aliphatic rings. The maximum Gasteiger partial charge on any atom is 0.258 e. The number of carbonyl (C=O) groups excluding carboxylic acids is 1. The quantitative estimate of drug-likeness (QED) is 0.823. The lowest BCUT2D eigenvalue weighted by molar-refractivity contribution is 0.0985. The van der Waals surface area contributed by atoms with E-state index in [0.717, 1.165) is 18.5 Å². The van der Waals surface area contributed by atoms with Gasteiger partial charge in [0.1, 0.15) is 0 Å². The molecule has 2 aromatic rings. The number of nitrogens with zero attached hydrogens (tertiary/aromatic N) is 1. The molecule has 0 radical (unpaired) electrons. The van der Waals surface area contributed by atoms with Crippen LogP contribution in [0.2, 0.25) is 0 Å². The first-order valence-corrected chi connectivity index (χ1v) is 10.0. The maximum atomic E-state index is 12.9. The van der Waals surface area contributed by atoms with Crippen LogP contribution in [0.15, 0.2) is 60.0 Å². The number of hydrogen-bond donors (Lipinski definition) is 1. The molecule has 0 bridgehead atoms. The van der Waals surface area contributed by atoms with Crippen LogP contribution < -0.4 is 9.62 Å². The standard InChI is InChI=1S/C20H22N2O3S/c1-3-12-21-26(24,25)18-9-7-16(8-10-18)20(23)22-13-4-5-17-14-15(2)6-11-19(17)22/h3,6-11,14,21H,1,4-5,12-13H2,2H3. The minimum Gasteiger partial charge on any atom is -0.308 e. The van der Waals surface area contributed by atoms with E-state index >= 15 is 0 Å². The van der Waals surface area contributed by atoms with Crippen molar-refractivity contribution in [1.29, 1.82) is 0 Å². The molecule has 5 nitrogen and oxygen atoms in total. The number of anilines is 1. The predicted octanol–water partition coefficient (Wildman–Crippen LogP) is 3.05. The monoisotopic (exact) mass is 370 g/mol. The molecule has 2 aromatic carbocycles. The second-order valence-electron chi connectivity index (χ2n) is 6.36. The number of sulfonamides is 1. The Morgan fingerprint density at radius 1 is 1.23 bits per heavy atom. The fourth-order valence-electron chi connectivity index (χ4n) is 3.12. The van der Waals surface area contributed by atoms with E-state index in [1.165, 1.54) is 29.3 Å². The summed E-state index contributed by atoms with van der Waals surface area (Å²) in [6.07, 6.45) is 3.36. The number of rotatable bonds is 5. The zero-order chi connectivity index (χ0) is 18.7. The lowest BCUT2D eigenvalue weighted by atomic mass is 9.99. The van der Waals surface area contributed by atoms with E-state index in [-0.39, 0.29) is 17.3 Å². The van der Waals surface area contributed by atoms with Gasteiger partial charge in [0, 0.05) is 24.3 Å². The van der Waals surface area contributed by atoms with Crippen molar-refractivity contribution in [2.75, 3.05) is 18.0 Å². The molecule has 1 aliphatic heterocycles. The molecular weight excluding hydrogens is 348 g/mol. The summed E-state index contributed by atoms with van der Waals surface area (Å²) in [7, 11) is -3.59. The SMILES string of the molecule is C=CCNS(=O)(=O)c1ccc(C(=O)N2CCCc3cc(C)ccc32)cc1. The van der Waals surface area contributed by atoms with Crippen molar-refractivity contribution < 1.29 is 13.2 Å². The van der Waals surface area contributed by atoms with E-state index < -0.39 is 10.0 Å². The number of amides is 1. The largest absolute Gasteiger partial charge is 0.308 e. The van der Waals surface area contributed by atoms with Crippen LogP contribution in [0.25, 0.3) is 0 Å². The minimum atomic E-state index is -3.59. The molecule has 136 valence electrons. The molecule has 1 amide bonds.